The predicted molar refractivity (Wildman–Crippen MR) is 76.8 cm³/mol. The average molecular weight is 324 g/mol. The van der Waals surface area contributed by atoms with E-state index in [9.17, 15) is 22.8 Å². The van der Waals surface area contributed by atoms with Gasteiger partial charge in [0.05, 0.1) is 5.56 Å². The Balaban J connectivity index is 2.11. The van der Waals surface area contributed by atoms with Crippen LogP contribution in [0.2, 0.25) is 0 Å². The van der Waals surface area contributed by atoms with Crippen LogP contribution in [0.4, 0.5) is 29.3 Å². The number of alkyl halides is 3. The highest BCUT2D eigenvalue weighted by atomic mass is 19.4. The number of anilines is 2. The van der Waals surface area contributed by atoms with Gasteiger partial charge >= 0.3 is 12.2 Å². The number of primary amides is 1. The van der Waals surface area contributed by atoms with Gasteiger partial charge in [0.25, 0.3) is 5.91 Å². The summed E-state index contributed by atoms with van der Waals surface area (Å²) in [6.45, 7) is 0. The molecule has 1 aromatic heterocycles. The minimum absolute atomic E-state index is 0.0359. The quantitative estimate of drug-likeness (QED) is 0.810. The summed E-state index contributed by atoms with van der Waals surface area (Å²) in [6, 6.07) is 7.09. The summed E-state index contributed by atoms with van der Waals surface area (Å²) < 4.78 is 37.2. The molecule has 0 aliphatic rings. The molecule has 0 fully saturated rings. The number of carbonyl (C=O) groups is 2. The van der Waals surface area contributed by atoms with Crippen LogP contribution < -0.4 is 16.4 Å². The number of pyridine rings is 1. The van der Waals surface area contributed by atoms with Gasteiger partial charge in [0.15, 0.2) is 0 Å². The van der Waals surface area contributed by atoms with Gasteiger partial charge in [-0.1, -0.05) is 6.07 Å². The number of hydrogen-bond acceptors (Lipinski definition) is 3. The molecule has 0 aliphatic carbocycles. The zero-order valence-corrected chi connectivity index (χ0v) is 11.5. The fourth-order valence-electron chi connectivity index (χ4n) is 1.72. The monoisotopic (exact) mass is 324 g/mol. The minimum Gasteiger partial charge on any atom is -0.351 e. The van der Waals surface area contributed by atoms with Crippen LogP contribution in [0, 0.1) is 0 Å². The number of nitrogens with zero attached hydrogens (tertiary/aromatic N) is 1. The summed E-state index contributed by atoms with van der Waals surface area (Å²) in [5.41, 5.74) is 4.56. The molecule has 0 aliphatic heterocycles. The Labute approximate surface area is 128 Å². The van der Waals surface area contributed by atoms with E-state index in [0.717, 1.165) is 18.3 Å². The van der Waals surface area contributed by atoms with E-state index in [4.69, 9.17) is 5.73 Å². The molecule has 1 heterocycles. The molecule has 2 aromatic rings. The van der Waals surface area contributed by atoms with Gasteiger partial charge in [-0.05, 0) is 30.3 Å². The molecule has 0 unspecified atom stereocenters. The van der Waals surface area contributed by atoms with E-state index in [2.05, 4.69) is 15.6 Å². The molecule has 0 spiro atoms. The van der Waals surface area contributed by atoms with Crippen molar-refractivity contribution in [3.8, 4) is 0 Å². The first kappa shape index (κ1) is 16.3. The van der Waals surface area contributed by atoms with Gasteiger partial charge in [-0.25, -0.2) is 4.79 Å². The second-order valence-corrected chi connectivity index (χ2v) is 4.45. The molecule has 120 valence electrons. The highest BCUT2D eigenvalue weighted by Crippen LogP contribution is 2.27. The van der Waals surface area contributed by atoms with Crippen molar-refractivity contribution in [2.75, 3.05) is 10.6 Å². The Morgan fingerprint density at radius 2 is 1.70 bits per heavy atom. The number of rotatable bonds is 3. The molecule has 23 heavy (non-hydrogen) atoms. The van der Waals surface area contributed by atoms with Crippen LogP contribution in [0.3, 0.4) is 0 Å². The maximum atomic E-state index is 12.4. The molecule has 6 nitrogen and oxygen atoms in total. The summed E-state index contributed by atoms with van der Waals surface area (Å²) in [5.74, 6) is -0.637. The second kappa shape index (κ2) is 6.34. The third kappa shape index (κ3) is 4.43. The summed E-state index contributed by atoms with van der Waals surface area (Å²) in [4.78, 5) is 25.9. The van der Waals surface area contributed by atoms with Crippen molar-refractivity contribution in [1.82, 2.24) is 4.98 Å². The lowest BCUT2D eigenvalue weighted by atomic mass is 10.2. The molecule has 2 rings (SSSR count). The zero-order valence-electron chi connectivity index (χ0n) is 11.5. The Hall–Kier alpha value is -3.10. The van der Waals surface area contributed by atoms with E-state index in [0.29, 0.717) is 11.4 Å². The molecule has 3 amide bonds. The normalized spacial score (nSPS) is 10.9. The van der Waals surface area contributed by atoms with Crippen LogP contribution in [0.1, 0.15) is 16.1 Å². The first-order valence-corrected chi connectivity index (χ1v) is 6.27. The average Bonchev–Trinajstić information content (AvgIpc) is 2.46. The van der Waals surface area contributed by atoms with Gasteiger partial charge in [0.2, 0.25) is 0 Å². The fraction of sp³-hybridized carbons (Fsp3) is 0.0714. The van der Waals surface area contributed by atoms with Gasteiger partial charge < -0.3 is 16.4 Å². The van der Waals surface area contributed by atoms with Crippen LogP contribution in [0.5, 0.6) is 0 Å². The number of amides is 3. The Morgan fingerprint density at radius 1 is 1.04 bits per heavy atom. The van der Waals surface area contributed by atoms with Crippen LogP contribution in [0.25, 0.3) is 0 Å². The number of hydrogen-bond donors (Lipinski definition) is 3. The second-order valence-electron chi connectivity index (χ2n) is 4.45. The molecular formula is C14H11F3N4O2. The lowest BCUT2D eigenvalue weighted by molar-refractivity contribution is -0.141. The first-order valence-electron chi connectivity index (χ1n) is 6.27. The maximum absolute atomic E-state index is 12.4. The molecule has 0 bridgehead atoms. The lowest BCUT2D eigenvalue weighted by Gasteiger charge is -2.09. The van der Waals surface area contributed by atoms with E-state index in [1.54, 1.807) is 18.2 Å². The largest absolute Gasteiger partial charge is 0.433 e. The number of benzene rings is 1. The minimum atomic E-state index is -4.57. The number of nitrogens with one attached hydrogen (secondary N) is 2. The van der Waals surface area contributed by atoms with Crippen molar-refractivity contribution in [1.29, 1.82) is 0 Å². The zero-order chi connectivity index (χ0) is 17.0. The summed E-state index contributed by atoms with van der Waals surface area (Å²) in [5, 5.41) is 4.81. The van der Waals surface area contributed by atoms with Gasteiger partial charge in [0, 0.05) is 17.6 Å². The number of aromatic nitrogens is 1. The number of urea groups is 1. The standard InChI is InChI=1S/C14H11F3N4O2/c15-14(16,17)11-5-4-8(7-19-11)12(22)20-9-2-1-3-10(6-9)21-13(18)23/h1-7H,(H,20,22)(H3,18,21,23). The molecule has 0 saturated heterocycles. The van der Waals surface area contributed by atoms with Crippen LogP contribution in [-0.4, -0.2) is 16.9 Å². The molecule has 0 radical (unpaired) electrons. The third-order valence-electron chi connectivity index (χ3n) is 2.70. The SMILES string of the molecule is NC(=O)Nc1cccc(NC(=O)c2ccc(C(F)(F)F)nc2)c1. The van der Waals surface area contributed by atoms with E-state index >= 15 is 0 Å². The molecule has 1 aromatic carbocycles. The predicted octanol–water partition coefficient (Wildman–Crippen LogP) is 2.84. The van der Waals surface area contributed by atoms with E-state index < -0.39 is 23.8 Å². The summed E-state index contributed by atoms with van der Waals surface area (Å²) >= 11 is 0. The first-order chi connectivity index (χ1) is 10.8. The highest BCUT2D eigenvalue weighted by Gasteiger charge is 2.32. The molecular weight excluding hydrogens is 313 g/mol. The van der Waals surface area contributed by atoms with Crippen LogP contribution >= 0.6 is 0 Å². The molecule has 0 saturated carbocycles. The van der Waals surface area contributed by atoms with Crippen molar-refractivity contribution in [2.24, 2.45) is 5.73 Å². The van der Waals surface area contributed by atoms with Crippen LogP contribution in [-0.2, 0) is 6.18 Å². The summed E-state index contributed by atoms with van der Waals surface area (Å²) in [7, 11) is 0. The van der Waals surface area contributed by atoms with Crippen molar-refractivity contribution < 1.29 is 22.8 Å². The number of carbonyl (C=O) groups excluding carboxylic acids is 2. The van der Waals surface area contributed by atoms with Gasteiger partial charge in [-0.15, -0.1) is 0 Å². The van der Waals surface area contributed by atoms with Gasteiger partial charge in [0.1, 0.15) is 5.69 Å². The fourth-order valence-corrected chi connectivity index (χ4v) is 1.72. The smallest absolute Gasteiger partial charge is 0.351 e. The maximum Gasteiger partial charge on any atom is 0.433 e. The van der Waals surface area contributed by atoms with E-state index in [-0.39, 0.29) is 5.56 Å². The molecule has 0 atom stereocenters. The Morgan fingerprint density at radius 3 is 2.22 bits per heavy atom. The summed E-state index contributed by atoms with van der Waals surface area (Å²) in [6.07, 6.45) is -3.73. The van der Waals surface area contributed by atoms with Crippen molar-refractivity contribution in [2.45, 2.75) is 6.18 Å². The Bertz CT molecular complexity index is 730. The van der Waals surface area contributed by atoms with Gasteiger partial charge in [-0.2, -0.15) is 13.2 Å². The van der Waals surface area contributed by atoms with E-state index in [1.807, 2.05) is 0 Å². The lowest BCUT2D eigenvalue weighted by Crippen LogP contribution is -2.19. The van der Waals surface area contributed by atoms with Gasteiger partial charge in [-0.3, -0.25) is 9.78 Å². The van der Waals surface area contributed by atoms with Crippen LogP contribution in [0.15, 0.2) is 42.6 Å². The van der Waals surface area contributed by atoms with E-state index in [1.165, 1.54) is 6.07 Å². The van der Waals surface area contributed by atoms with Crippen molar-refractivity contribution in [3.05, 3.63) is 53.9 Å². The Kier molecular flexibility index (Phi) is 4.49. The third-order valence-corrected chi connectivity index (χ3v) is 2.70. The number of nitrogens with two attached hydrogens (primary N) is 1. The topological polar surface area (TPSA) is 97.1 Å². The molecule has 4 N–H and O–H groups in total. The van der Waals surface area contributed by atoms with Crippen molar-refractivity contribution in [3.63, 3.8) is 0 Å². The van der Waals surface area contributed by atoms with Crippen molar-refractivity contribution >= 4 is 23.3 Å². The number of halogens is 3. The molecule has 9 heteroatoms. The highest BCUT2D eigenvalue weighted by molar-refractivity contribution is 6.04.